The lowest BCUT2D eigenvalue weighted by atomic mass is 10.2. The van der Waals surface area contributed by atoms with Gasteiger partial charge in [-0.15, -0.1) is 0 Å². The van der Waals surface area contributed by atoms with E-state index in [1.54, 1.807) is 11.9 Å². The molecule has 0 aromatic heterocycles. The molecule has 1 aromatic rings. The zero-order valence-electron chi connectivity index (χ0n) is 11.3. The molecule has 1 atom stereocenters. The standard InChI is InChI=1S/C14H19N3O2/c1-10-5-7-11(8-6-10)16-14(19)17-9-3-4-12(17)13(18)15-2/h5-8,12H,3-4,9H2,1-2H3,(H,15,18)(H,16,19)/t12-/m0/s1. The highest BCUT2D eigenvalue weighted by Crippen LogP contribution is 2.19. The number of aryl methyl sites for hydroxylation is 1. The van der Waals surface area contributed by atoms with Crippen LogP contribution >= 0.6 is 0 Å². The first-order valence-corrected chi connectivity index (χ1v) is 6.47. The molecule has 1 aliphatic rings. The summed E-state index contributed by atoms with van der Waals surface area (Å²) in [5, 5.41) is 5.43. The smallest absolute Gasteiger partial charge is 0.322 e. The van der Waals surface area contributed by atoms with E-state index in [9.17, 15) is 9.59 Å². The van der Waals surface area contributed by atoms with Crippen molar-refractivity contribution < 1.29 is 9.59 Å². The van der Waals surface area contributed by atoms with Crippen LogP contribution in [0.5, 0.6) is 0 Å². The zero-order chi connectivity index (χ0) is 13.8. The Kier molecular flexibility index (Phi) is 4.04. The average molecular weight is 261 g/mol. The Hall–Kier alpha value is -2.04. The second-order valence-electron chi connectivity index (χ2n) is 4.76. The van der Waals surface area contributed by atoms with Crippen LogP contribution < -0.4 is 10.6 Å². The number of carbonyl (C=O) groups is 2. The van der Waals surface area contributed by atoms with Crippen molar-refractivity contribution in [1.82, 2.24) is 10.2 Å². The van der Waals surface area contributed by atoms with E-state index in [1.165, 1.54) is 0 Å². The van der Waals surface area contributed by atoms with Crippen LogP contribution in [0, 0.1) is 6.92 Å². The van der Waals surface area contributed by atoms with Gasteiger partial charge >= 0.3 is 6.03 Å². The highest BCUT2D eigenvalue weighted by atomic mass is 16.2. The van der Waals surface area contributed by atoms with Crippen LogP contribution in [0.4, 0.5) is 10.5 Å². The molecule has 5 nitrogen and oxygen atoms in total. The first kappa shape index (κ1) is 13.4. The van der Waals surface area contributed by atoms with Crippen molar-refractivity contribution in [3.8, 4) is 0 Å². The lowest BCUT2D eigenvalue weighted by Crippen LogP contribution is -2.46. The van der Waals surface area contributed by atoms with E-state index in [-0.39, 0.29) is 18.0 Å². The Bertz CT molecular complexity index is 470. The molecule has 3 amide bonds. The second kappa shape index (κ2) is 5.73. The fourth-order valence-corrected chi connectivity index (χ4v) is 2.28. The number of nitrogens with zero attached hydrogens (tertiary/aromatic N) is 1. The van der Waals surface area contributed by atoms with Crippen molar-refractivity contribution in [3.05, 3.63) is 29.8 Å². The minimum absolute atomic E-state index is 0.100. The lowest BCUT2D eigenvalue weighted by molar-refractivity contribution is -0.124. The summed E-state index contributed by atoms with van der Waals surface area (Å²) >= 11 is 0. The summed E-state index contributed by atoms with van der Waals surface area (Å²) in [6.45, 7) is 2.61. The summed E-state index contributed by atoms with van der Waals surface area (Å²) in [7, 11) is 1.59. The van der Waals surface area contributed by atoms with Gasteiger partial charge in [-0.05, 0) is 31.9 Å². The number of likely N-dealkylation sites (N-methyl/N-ethyl adjacent to an activating group) is 1. The van der Waals surface area contributed by atoms with E-state index in [4.69, 9.17) is 0 Å². The third kappa shape index (κ3) is 3.05. The van der Waals surface area contributed by atoms with Crippen LogP contribution in [0.15, 0.2) is 24.3 Å². The predicted octanol–water partition coefficient (Wildman–Crippen LogP) is 1.74. The second-order valence-corrected chi connectivity index (χ2v) is 4.76. The molecular weight excluding hydrogens is 242 g/mol. The number of rotatable bonds is 2. The maximum atomic E-state index is 12.2. The predicted molar refractivity (Wildman–Crippen MR) is 74.0 cm³/mol. The van der Waals surface area contributed by atoms with Crippen LogP contribution in [0.25, 0.3) is 0 Å². The number of carbonyl (C=O) groups excluding carboxylic acids is 2. The van der Waals surface area contributed by atoms with Crippen molar-refractivity contribution in [2.45, 2.75) is 25.8 Å². The van der Waals surface area contributed by atoms with E-state index in [2.05, 4.69) is 10.6 Å². The third-order valence-corrected chi connectivity index (χ3v) is 3.37. The van der Waals surface area contributed by atoms with Crippen molar-refractivity contribution >= 4 is 17.6 Å². The molecular formula is C14H19N3O2. The van der Waals surface area contributed by atoms with Crippen LogP contribution in [-0.4, -0.2) is 36.5 Å². The maximum Gasteiger partial charge on any atom is 0.322 e. The SMILES string of the molecule is CNC(=O)[C@@H]1CCCN1C(=O)Nc1ccc(C)cc1. The van der Waals surface area contributed by atoms with Gasteiger partial charge in [0.1, 0.15) is 6.04 Å². The summed E-state index contributed by atoms with van der Waals surface area (Å²) in [4.78, 5) is 25.5. The molecule has 5 heteroatoms. The summed E-state index contributed by atoms with van der Waals surface area (Å²) in [5.74, 6) is -0.100. The number of urea groups is 1. The van der Waals surface area contributed by atoms with Crippen LogP contribution in [0.2, 0.25) is 0 Å². The molecule has 0 unspecified atom stereocenters. The molecule has 2 rings (SSSR count). The average Bonchev–Trinajstić information content (AvgIpc) is 2.90. The van der Waals surface area contributed by atoms with Gasteiger partial charge in [0.2, 0.25) is 5.91 Å². The molecule has 19 heavy (non-hydrogen) atoms. The van der Waals surface area contributed by atoms with E-state index in [1.807, 2.05) is 31.2 Å². The highest BCUT2D eigenvalue weighted by molar-refractivity contribution is 5.94. The Morgan fingerprint density at radius 1 is 1.26 bits per heavy atom. The Morgan fingerprint density at radius 3 is 2.58 bits per heavy atom. The first-order valence-electron chi connectivity index (χ1n) is 6.47. The molecule has 0 saturated carbocycles. The molecule has 1 saturated heterocycles. The van der Waals surface area contributed by atoms with Crippen LogP contribution in [0.1, 0.15) is 18.4 Å². The monoisotopic (exact) mass is 261 g/mol. The summed E-state index contributed by atoms with van der Waals surface area (Å²) < 4.78 is 0. The zero-order valence-corrected chi connectivity index (χ0v) is 11.3. The fraction of sp³-hybridized carbons (Fsp3) is 0.429. The normalized spacial score (nSPS) is 18.2. The van der Waals surface area contributed by atoms with Gasteiger partial charge in [-0.2, -0.15) is 0 Å². The number of benzene rings is 1. The van der Waals surface area contributed by atoms with Crippen molar-refractivity contribution in [2.24, 2.45) is 0 Å². The largest absolute Gasteiger partial charge is 0.357 e. The molecule has 102 valence electrons. The third-order valence-electron chi connectivity index (χ3n) is 3.37. The van der Waals surface area contributed by atoms with Crippen molar-refractivity contribution in [3.63, 3.8) is 0 Å². The van der Waals surface area contributed by atoms with Gasteiger partial charge < -0.3 is 15.5 Å². The van der Waals surface area contributed by atoms with Gasteiger partial charge in [0.15, 0.2) is 0 Å². The topological polar surface area (TPSA) is 61.4 Å². The van der Waals surface area contributed by atoms with Crippen LogP contribution in [0.3, 0.4) is 0 Å². The molecule has 0 radical (unpaired) electrons. The summed E-state index contributed by atoms with van der Waals surface area (Å²) in [6, 6.07) is 7.03. The van der Waals surface area contributed by atoms with Crippen LogP contribution in [-0.2, 0) is 4.79 Å². The Balaban J connectivity index is 2.03. The quantitative estimate of drug-likeness (QED) is 0.851. The number of likely N-dealkylation sites (tertiary alicyclic amines) is 1. The van der Waals surface area contributed by atoms with Gasteiger partial charge in [-0.1, -0.05) is 17.7 Å². The molecule has 0 bridgehead atoms. The summed E-state index contributed by atoms with van der Waals surface area (Å²) in [5.41, 5.74) is 1.89. The molecule has 1 fully saturated rings. The molecule has 2 N–H and O–H groups in total. The number of hydrogen-bond donors (Lipinski definition) is 2. The number of hydrogen-bond acceptors (Lipinski definition) is 2. The molecule has 1 heterocycles. The summed E-state index contributed by atoms with van der Waals surface area (Å²) in [6.07, 6.45) is 1.58. The minimum atomic E-state index is -0.351. The Morgan fingerprint density at radius 2 is 1.95 bits per heavy atom. The van der Waals surface area contributed by atoms with Crippen molar-refractivity contribution in [1.29, 1.82) is 0 Å². The molecule has 0 aliphatic carbocycles. The molecule has 1 aromatic carbocycles. The van der Waals surface area contributed by atoms with Gasteiger partial charge in [-0.3, -0.25) is 4.79 Å². The van der Waals surface area contributed by atoms with Gasteiger partial charge in [0.25, 0.3) is 0 Å². The highest BCUT2D eigenvalue weighted by Gasteiger charge is 2.33. The molecule has 1 aliphatic heterocycles. The van der Waals surface area contributed by atoms with Gasteiger partial charge in [-0.25, -0.2) is 4.79 Å². The van der Waals surface area contributed by atoms with Gasteiger partial charge in [0, 0.05) is 19.3 Å². The van der Waals surface area contributed by atoms with Gasteiger partial charge in [0.05, 0.1) is 0 Å². The minimum Gasteiger partial charge on any atom is -0.357 e. The molecule has 0 spiro atoms. The lowest BCUT2D eigenvalue weighted by Gasteiger charge is -2.23. The number of nitrogens with one attached hydrogen (secondary N) is 2. The first-order chi connectivity index (χ1) is 9.11. The fourth-order valence-electron chi connectivity index (χ4n) is 2.28. The van der Waals surface area contributed by atoms with E-state index >= 15 is 0 Å². The van der Waals surface area contributed by atoms with E-state index in [0.29, 0.717) is 6.54 Å². The number of amides is 3. The van der Waals surface area contributed by atoms with Crippen molar-refractivity contribution in [2.75, 3.05) is 18.9 Å². The maximum absolute atomic E-state index is 12.2. The van der Waals surface area contributed by atoms with E-state index in [0.717, 1.165) is 24.1 Å². The Labute approximate surface area is 113 Å². The number of anilines is 1. The van der Waals surface area contributed by atoms with E-state index < -0.39 is 0 Å².